The average molecular weight is 606 g/mol. The molecule has 2 nitrogen and oxygen atoms in total. The lowest BCUT2D eigenvalue weighted by atomic mass is 9.86. The molecule has 0 amide bonds. The molecule has 5 rings (SSSR count). The van der Waals surface area contributed by atoms with Crippen LogP contribution in [0.2, 0.25) is 0 Å². The van der Waals surface area contributed by atoms with Crippen LogP contribution in [0.15, 0.2) is 132 Å². The molecule has 234 valence electrons. The maximum absolute atomic E-state index is 5.12. The molecule has 5 aromatic carbocycles. The maximum Gasteiger partial charge on any atom is 0.205 e. The molecule has 0 aliphatic heterocycles. The van der Waals surface area contributed by atoms with Gasteiger partial charge in [-0.05, 0) is 105 Å². The summed E-state index contributed by atoms with van der Waals surface area (Å²) < 4.78 is 2.04. The van der Waals surface area contributed by atoms with E-state index >= 15 is 0 Å². The zero-order valence-electron chi connectivity index (χ0n) is 28.2. The zero-order valence-corrected chi connectivity index (χ0v) is 28.2. The SMILES string of the molecule is CCCCCCc1cc(CCCC)cc(N=[N+](C)C(C)=Cc2cc(-c3ccccc3)c(-c3ccccc3)c(-c3ccccc3)c2)c1. The minimum Gasteiger partial charge on any atom is -0.0909 e. The second-order valence-electron chi connectivity index (χ2n) is 12.4. The number of hydrogen-bond acceptors (Lipinski definition) is 1. The molecule has 2 heteroatoms. The summed E-state index contributed by atoms with van der Waals surface area (Å²) in [5, 5.41) is 5.12. The molecule has 0 saturated carbocycles. The van der Waals surface area contributed by atoms with Crippen molar-refractivity contribution in [3.63, 3.8) is 0 Å². The first-order valence-electron chi connectivity index (χ1n) is 17.2. The monoisotopic (exact) mass is 605 g/mol. The van der Waals surface area contributed by atoms with Crippen LogP contribution in [-0.2, 0) is 12.8 Å². The summed E-state index contributed by atoms with van der Waals surface area (Å²) >= 11 is 0. The van der Waals surface area contributed by atoms with Gasteiger partial charge in [-0.25, -0.2) is 0 Å². The molecule has 0 heterocycles. The van der Waals surface area contributed by atoms with E-state index in [1.807, 2.05) is 4.70 Å². The molecule has 0 N–H and O–H groups in total. The average Bonchev–Trinajstić information content (AvgIpc) is 3.10. The van der Waals surface area contributed by atoms with Gasteiger partial charge in [-0.2, -0.15) is 0 Å². The summed E-state index contributed by atoms with van der Waals surface area (Å²) in [6.07, 6.45) is 12.0. The molecule has 0 radical (unpaired) electrons. The van der Waals surface area contributed by atoms with Crippen molar-refractivity contribution in [3.05, 3.63) is 144 Å². The van der Waals surface area contributed by atoms with Gasteiger partial charge in [0.1, 0.15) is 5.69 Å². The Morgan fingerprint density at radius 2 is 1.09 bits per heavy atom. The Bertz CT molecular complexity index is 1690. The molecule has 0 unspecified atom stereocenters. The first-order chi connectivity index (χ1) is 22.6. The van der Waals surface area contributed by atoms with Crippen molar-refractivity contribution in [2.24, 2.45) is 5.11 Å². The van der Waals surface area contributed by atoms with E-state index in [4.69, 9.17) is 5.11 Å². The summed E-state index contributed by atoms with van der Waals surface area (Å²) in [4.78, 5) is 0. The van der Waals surface area contributed by atoms with Crippen LogP contribution in [0.4, 0.5) is 5.69 Å². The van der Waals surface area contributed by atoms with E-state index in [0.717, 1.165) is 29.8 Å². The van der Waals surface area contributed by atoms with Crippen molar-refractivity contribution < 1.29 is 4.70 Å². The van der Waals surface area contributed by atoms with Crippen LogP contribution < -0.4 is 0 Å². The number of allylic oxidation sites excluding steroid dienone is 1. The summed E-state index contributed by atoms with van der Waals surface area (Å²) in [6, 6.07) is 43.9. The van der Waals surface area contributed by atoms with Crippen LogP contribution in [0, 0.1) is 0 Å². The van der Waals surface area contributed by atoms with E-state index in [9.17, 15) is 0 Å². The molecule has 0 aromatic heterocycles. The lowest BCUT2D eigenvalue weighted by Gasteiger charge is -2.18. The van der Waals surface area contributed by atoms with Gasteiger partial charge in [0.2, 0.25) is 5.70 Å². The quantitative estimate of drug-likeness (QED) is 0.0680. The van der Waals surface area contributed by atoms with Gasteiger partial charge in [-0.3, -0.25) is 0 Å². The third-order valence-electron chi connectivity index (χ3n) is 8.72. The molecule has 5 aromatic rings. The van der Waals surface area contributed by atoms with E-state index in [2.05, 4.69) is 155 Å². The Morgan fingerprint density at radius 3 is 1.61 bits per heavy atom. The van der Waals surface area contributed by atoms with E-state index < -0.39 is 0 Å². The lowest BCUT2D eigenvalue weighted by Crippen LogP contribution is -2.00. The summed E-state index contributed by atoms with van der Waals surface area (Å²) in [5.41, 5.74) is 13.4. The van der Waals surface area contributed by atoms with Crippen molar-refractivity contribution in [3.8, 4) is 33.4 Å². The van der Waals surface area contributed by atoms with Crippen LogP contribution in [0.5, 0.6) is 0 Å². The Hall–Kier alpha value is -4.56. The first-order valence-corrected chi connectivity index (χ1v) is 17.2. The smallest absolute Gasteiger partial charge is 0.0909 e. The number of aryl methyl sites for hydroxylation is 2. The molecule has 46 heavy (non-hydrogen) atoms. The molecule has 0 aliphatic rings. The van der Waals surface area contributed by atoms with Gasteiger partial charge in [-0.1, -0.05) is 141 Å². The first kappa shape index (κ1) is 32.8. The van der Waals surface area contributed by atoms with Crippen molar-refractivity contribution >= 4 is 11.8 Å². The van der Waals surface area contributed by atoms with Crippen LogP contribution in [0.1, 0.15) is 76.0 Å². The molecule has 0 saturated heterocycles. The Kier molecular flexibility index (Phi) is 11.9. The number of hydrogen-bond donors (Lipinski definition) is 0. The molecular formula is C44H49N2+. The van der Waals surface area contributed by atoms with Crippen LogP contribution in [0.25, 0.3) is 39.5 Å². The van der Waals surface area contributed by atoms with Crippen molar-refractivity contribution in [1.82, 2.24) is 0 Å². The van der Waals surface area contributed by atoms with Crippen molar-refractivity contribution in [2.45, 2.75) is 72.1 Å². The predicted octanol–water partition coefficient (Wildman–Crippen LogP) is 12.9. The largest absolute Gasteiger partial charge is 0.205 e. The van der Waals surface area contributed by atoms with Gasteiger partial charge >= 0.3 is 0 Å². The minimum atomic E-state index is 1.05. The fourth-order valence-corrected chi connectivity index (χ4v) is 6.17. The summed E-state index contributed by atoms with van der Waals surface area (Å²) in [5.74, 6) is 0. The van der Waals surface area contributed by atoms with E-state index in [0.29, 0.717) is 0 Å². The van der Waals surface area contributed by atoms with Crippen LogP contribution >= 0.6 is 0 Å². The normalized spacial score (nSPS) is 12.0. The Labute approximate surface area is 277 Å². The lowest BCUT2D eigenvalue weighted by molar-refractivity contribution is -0.510. The third-order valence-corrected chi connectivity index (χ3v) is 8.72. The number of rotatable bonds is 14. The highest BCUT2D eigenvalue weighted by Gasteiger charge is 2.17. The molecule has 0 fully saturated rings. The van der Waals surface area contributed by atoms with E-state index in [-0.39, 0.29) is 0 Å². The summed E-state index contributed by atoms with van der Waals surface area (Å²) in [7, 11) is 2.07. The van der Waals surface area contributed by atoms with Gasteiger partial charge in [0.25, 0.3) is 0 Å². The molecule has 0 bridgehead atoms. The van der Waals surface area contributed by atoms with Gasteiger partial charge < -0.3 is 0 Å². The van der Waals surface area contributed by atoms with Crippen molar-refractivity contribution in [1.29, 1.82) is 0 Å². The standard InChI is InChI=1S/C44H49N2/c1-5-7-9-13-21-36-29-35(20-8-6-2)30-41(31-36)45-46(4)34(3)28-37-32-42(38-22-14-10-15-23-38)44(40-26-18-12-19-27-40)43(33-37)39-24-16-11-17-25-39/h10-12,14-19,22-33H,5-9,13,20-21H2,1-4H3/q+1. The van der Waals surface area contributed by atoms with Crippen LogP contribution in [0.3, 0.4) is 0 Å². The van der Waals surface area contributed by atoms with Gasteiger partial charge in [-0.15, -0.1) is 0 Å². The molecular weight excluding hydrogens is 556 g/mol. The second-order valence-corrected chi connectivity index (χ2v) is 12.4. The van der Waals surface area contributed by atoms with E-state index in [1.165, 1.54) is 83.0 Å². The number of azo groups is 2. The van der Waals surface area contributed by atoms with Crippen molar-refractivity contribution in [2.75, 3.05) is 7.05 Å². The molecule has 0 atom stereocenters. The highest BCUT2D eigenvalue weighted by molar-refractivity contribution is 5.96. The topological polar surface area (TPSA) is 15.4 Å². The number of nitrogens with zero attached hydrogens (tertiary/aromatic N) is 2. The Balaban J connectivity index is 1.57. The summed E-state index contributed by atoms with van der Waals surface area (Å²) in [6.45, 7) is 6.70. The molecule has 0 spiro atoms. The highest BCUT2D eigenvalue weighted by atomic mass is 15.2. The maximum atomic E-state index is 5.12. The molecule has 0 aliphatic carbocycles. The van der Waals surface area contributed by atoms with Gasteiger partial charge in [0.05, 0.1) is 0 Å². The fourth-order valence-electron chi connectivity index (χ4n) is 6.17. The number of unbranched alkanes of at least 4 members (excludes halogenated alkanes) is 4. The number of benzene rings is 5. The highest BCUT2D eigenvalue weighted by Crippen LogP contribution is 2.41. The van der Waals surface area contributed by atoms with Gasteiger partial charge in [0.15, 0.2) is 7.05 Å². The third kappa shape index (κ3) is 8.79. The van der Waals surface area contributed by atoms with Crippen LogP contribution in [-0.4, -0.2) is 11.7 Å². The van der Waals surface area contributed by atoms with Gasteiger partial charge in [0, 0.05) is 13.0 Å². The fraction of sp³-hybridized carbons (Fsp3) is 0.273. The second kappa shape index (κ2) is 16.7. The minimum absolute atomic E-state index is 1.05. The Morgan fingerprint density at radius 1 is 0.587 bits per heavy atom. The zero-order chi connectivity index (χ0) is 32.1. The van der Waals surface area contributed by atoms with E-state index in [1.54, 1.807) is 0 Å². The predicted molar refractivity (Wildman–Crippen MR) is 198 cm³/mol.